The van der Waals surface area contributed by atoms with Gasteiger partial charge in [0.15, 0.2) is 0 Å². The lowest BCUT2D eigenvalue weighted by Crippen LogP contribution is -2.18. The highest BCUT2D eigenvalue weighted by Crippen LogP contribution is 2.21. The number of aromatic nitrogens is 2. The standard InChI is InChI=1S/C19H29N5/c1-5-15(2)21-18-14-17(16-10-7-6-8-11-16)22-19(23-18)20-12-9-13-24(3)4/h6-8,10-11,14-15H,5,9,12-13H2,1-4H3,(H2,20,21,22,23). The van der Waals surface area contributed by atoms with E-state index in [2.05, 4.69) is 65.6 Å². The van der Waals surface area contributed by atoms with Gasteiger partial charge in [-0.1, -0.05) is 37.3 Å². The van der Waals surface area contributed by atoms with Gasteiger partial charge in [0, 0.05) is 24.2 Å². The molecule has 0 saturated heterocycles. The van der Waals surface area contributed by atoms with Crippen LogP contribution in [0.25, 0.3) is 11.3 Å². The molecule has 0 saturated carbocycles. The molecule has 1 aromatic carbocycles. The van der Waals surface area contributed by atoms with Crippen molar-refractivity contribution in [2.75, 3.05) is 37.8 Å². The minimum absolute atomic E-state index is 0.380. The van der Waals surface area contributed by atoms with Crippen LogP contribution >= 0.6 is 0 Å². The molecule has 1 aromatic heterocycles. The van der Waals surface area contributed by atoms with E-state index in [1.54, 1.807) is 0 Å². The van der Waals surface area contributed by atoms with Crippen LogP contribution in [0.2, 0.25) is 0 Å². The third-order valence-electron chi connectivity index (χ3n) is 3.87. The molecule has 0 fully saturated rings. The normalized spacial score (nSPS) is 12.2. The van der Waals surface area contributed by atoms with Gasteiger partial charge in [0.1, 0.15) is 5.82 Å². The van der Waals surface area contributed by atoms with Crippen LogP contribution in [0.1, 0.15) is 26.7 Å². The number of hydrogen-bond acceptors (Lipinski definition) is 5. The summed E-state index contributed by atoms with van der Waals surface area (Å²) in [5, 5.41) is 6.80. The smallest absolute Gasteiger partial charge is 0.225 e. The quantitative estimate of drug-likeness (QED) is 0.688. The molecule has 0 radical (unpaired) electrons. The minimum Gasteiger partial charge on any atom is -0.367 e. The van der Waals surface area contributed by atoms with Crippen molar-refractivity contribution in [1.29, 1.82) is 0 Å². The Balaban J connectivity index is 2.17. The van der Waals surface area contributed by atoms with Gasteiger partial charge in [-0.05, 0) is 40.4 Å². The van der Waals surface area contributed by atoms with Crippen LogP contribution in [0, 0.1) is 0 Å². The monoisotopic (exact) mass is 327 g/mol. The zero-order chi connectivity index (χ0) is 17.4. The van der Waals surface area contributed by atoms with Crippen LogP contribution in [0.3, 0.4) is 0 Å². The fourth-order valence-corrected chi connectivity index (χ4v) is 2.31. The molecule has 5 heteroatoms. The van der Waals surface area contributed by atoms with E-state index in [1.165, 1.54) is 0 Å². The van der Waals surface area contributed by atoms with Crippen LogP contribution < -0.4 is 10.6 Å². The molecule has 1 heterocycles. The number of rotatable bonds is 9. The molecule has 5 nitrogen and oxygen atoms in total. The first-order chi connectivity index (χ1) is 11.6. The van der Waals surface area contributed by atoms with Crippen molar-refractivity contribution >= 4 is 11.8 Å². The fourth-order valence-electron chi connectivity index (χ4n) is 2.31. The van der Waals surface area contributed by atoms with Crippen molar-refractivity contribution in [3.63, 3.8) is 0 Å². The summed E-state index contributed by atoms with van der Waals surface area (Å²) in [6, 6.07) is 12.6. The highest BCUT2D eigenvalue weighted by Gasteiger charge is 2.08. The van der Waals surface area contributed by atoms with Gasteiger partial charge >= 0.3 is 0 Å². The molecule has 24 heavy (non-hydrogen) atoms. The van der Waals surface area contributed by atoms with Gasteiger partial charge in [-0.15, -0.1) is 0 Å². The zero-order valence-corrected chi connectivity index (χ0v) is 15.2. The lowest BCUT2D eigenvalue weighted by atomic mass is 10.1. The molecule has 0 amide bonds. The van der Waals surface area contributed by atoms with Gasteiger partial charge < -0.3 is 15.5 Å². The van der Waals surface area contributed by atoms with E-state index in [4.69, 9.17) is 0 Å². The van der Waals surface area contributed by atoms with Crippen LogP contribution in [-0.2, 0) is 0 Å². The van der Waals surface area contributed by atoms with Crippen LogP contribution in [-0.4, -0.2) is 48.1 Å². The molecule has 2 N–H and O–H groups in total. The highest BCUT2D eigenvalue weighted by molar-refractivity contribution is 5.64. The number of nitrogens with zero attached hydrogens (tertiary/aromatic N) is 3. The molecular formula is C19H29N5. The van der Waals surface area contributed by atoms with E-state index in [-0.39, 0.29) is 0 Å². The number of anilines is 2. The Morgan fingerprint density at radius 2 is 1.88 bits per heavy atom. The lowest BCUT2D eigenvalue weighted by Gasteiger charge is -2.15. The molecule has 2 aromatic rings. The zero-order valence-electron chi connectivity index (χ0n) is 15.2. The van der Waals surface area contributed by atoms with Crippen molar-refractivity contribution in [3.05, 3.63) is 36.4 Å². The first-order valence-electron chi connectivity index (χ1n) is 8.68. The molecule has 130 valence electrons. The summed E-state index contributed by atoms with van der Waals surface area (Å²) in [5.41, 5.74) is 2.04. The first kappa shape index (κ1) is 18.2. The molecule has 1 unspecified atom stereocenters. The Labute approximate surface area is 145 Å². The Morgan fingerprint density at radius 1 is 1.12 bits per heavy atom. The third-order valence-corrected chi connectivity index (χ3v) is 3.87. The van der Waals surface area contributed by atoms with Crippen molar-refractivity contribution in [2.45, 2.75) is 32.7 Å². The third kappa shape index (κ3) is 5.81. The van der Waals surface area contributed by atoms with E-state index < -0.39 is 0 Å². The SMILES string of the molecule is CCC(C)Nc1cc(-c2ccccc2)nc(NCCCN(C)C)n1. The van der Waals surface area contributed by atoms with Crippen molar-refractivity contribution < 1.29 is 0 Å². The van der Waals surface area contributed by atoms with E-state index in [0.29, 0.717) is 12.0 Å². The second kappa shape index (κ2) is 9.23. The largest absolute Gasteiger partial charge is 0.367 e. The van der Waals surface area contributed by atoms with Gasteiger partial charge in [0.25, 0.3) is 0 Å². The Kier molecular flexibility index (Phi) is 7.00. The summed E-state index contributed by atoms with van der Waals surface area (Å²) >= 11 is 0. The Morgan fingerprint density at radius 3 is 2.54 bits per heavy atom. The van der Waals surface area contributed by atoms with Crippen LogP contribution in [0.4, 0.5) is 11.8 Å². The summed E-state index contributed by atoms with van der Waals surface area (Å²) in [4.78, 5) is 11.5. The molecule has 1 atom stereocenters. The van der Waals surface area contributed by atoms with Crippen LogP contribution in [0.15, 0.2) is 36.4 Å². The number of nitrogens with one attached hydrogen (secondary N) is 2. The van der Waals surface area contributed by atoms with Gasteiger partial charge in [-0.25, -0.2) is 4.98 Å². The van der Waals surface area contributed by atoms with E-state index in [1.807, 2.05) is 24.3 Å². The molecule has 0 spiro atoms. The number of benzene rings is 1. The number of hydrogen-bond donors (Lipinski definition) is 2. The molecular weight excluding hydrogens is 298 g/mol. The maximum absolute atomic E-state index is 4.68. The fraction of sp³-hybridized carbons (Fsp3) is 0.474. The van der Waals surface area contributed by atoms with Gasteiger partial charge in [-0.3, -0.25) is 0 Å². The summed E-state index contributed by atoms with van der Waals surface area (Å²) < 4.78 is 0. The topological polar surface area (TPSA) is 53.1 Å². The second-order valence-electron chi connectivity index (χ2n) is 6.37. The first-order valence-corrected chi connectivity index (χ1v) is 8.68. The van der Waals surface area contributed by atoms with Crippen molar-refractivity contribution in [3.8, 4) is 11.3 Å². The maximum atomic E-state index is 4.68. The maximum Gasteiger partial charge on any atom is 0.225 e. The highest BCUT2D eigenvalue weighted by atomic mass is 15.1. The summed E-state index contributed by atoms with van der Waals surface area (Å²) in [7, 11) is 4.17. The van der Waals surface area contributed by atoms with Gasteiger partial charge in [0.2, 0.25) is 5.95 Å². The molecule has 0 aliphatic heterocycles. The van der Waals surface area contributed by atoms with Crippen molar-refractivity contribution in [2.24, 2.45) is 0 Å². The predicted molar refractivity (Wildman–Crippen MR) is 103 cm³/mol. The molecule has 0 bridgehead atoms. The average molecular weight is 327 g/mol. The minimum atomic E-state index is 0.380. The Hall–Kier alpha value is -2.14. The molecule has 0 aliphatic rings. The Bertz CT molecular complexity index is 612. The van der Waals surface area contributed by atoms with E-state index in [0.717, 1.165) is 43.0 Å². The van der Waals surface area contributed by atoms with Gasteiger partial charge in [0.05, 0.1) is 5.69 Å². The predicted octanol–water partition coefficient (Wildman–Crippen LogP) is 3.72. The lowest BCUT2D eigenvalue weighted by molar-refractivity contribution is 0.405. The van der Waals surface area contributed by atoms with Gasteiger partial charge in [-0.2, -0.15) is 4.98 Å². The summed E-state index contributed by atoms with van der Waals surface area (Å²) in [6.07, 6.45) is 2.11. The second-order valence-corrected chi connectivity index (χ2v) is 6.37. The molecule has 0 aliphatic carbocycles. The van der Waals surface area contributed by atoms with Crippen molar-refractivity contribution in [1.82, 2.24) is 14.9 Å². The average Bonchev–Trinajstić information content (AvgIpc) is 2.59. The summed E-state index contributed by atoms with van der Waals surface area (Å²) in [5.74, 6) is 1.55. The molecule has 2 rings (SSSR count). The van der Waals surface area contributed by atoms with E-state index in [9.17, 15) is 0 Å². The summed E-state index contributed by atoms with van der Waals surface area (Å²) in [6.45, 7) is 6.23. The van der Waals surface area contributed by atoms with Crippen LogP contribution in [0.5, 0.6) is 0 Å². The van der Waals surface area contributed by atoms with E-state index >= 15 is 0 Å².